The number of benzene rings is 2. The fraction of sp³-hybridized carbons (Fsp3) is 0. The van der Waals surface area contributed by atoms with Gasteiger partial charge in [-0.05, 0) is 36.4 Å². The van der Waals surface area contributed by atoms with Crippen LogP contribution in [0.2, 0.25) is 0 Å². The highest BCUT2D eigenvalue weighted by Crippen LogP contribution is 2.18. The summed E-state index contributed by atoms with van der Waals surface area (Å²) in [6.07, 6.45) is 0. The third-order valence-electron chi connectivity index (χ3n) is 2.42. The van der Waals surface area contributed by atoms with E-state index in [1.54, 1.807) is 36.4 Å². The van der Waals surface area contributed by atoms with Crippen molar-refractivity contribution >= 4 is 11.4 Å². The first-order valence-corrected chi connectivity index (χ1v) is 5.42. The van der Waals surface area contributed by atoms with Gasteiger partial charge in [0.1, 0.15) is 5.69 Å². The van der Waals surface area contributed by atoms with Crippen LogP contribution in [0.25, 0.3) is 0 Å². The van der Waals surface area contributed by atoms with E-state index in [1.807, 2.05) is 12.1 Å². The standard InChI is InChI=1S/C14H8N4O/c15-9-11-1-5-13(6-2-11)17-18(19)14-7-3-12(10-16)4-8-14/h1-8H. The van der Waals surface area contributed by atoms with Crippen molar-refractivity contribution in [1.82, 2.24) is 0 Å². The average Bonchev–Trinajstić information content (AvgIpc) is 2.48. The zero-order valence-corrected chi connectivity index (χ0v) is 9.82. The second kappa shape index (κ2) is 5.44. The van der Waals surface area contributed by atoms with Gasteiger partial charge < -0.3 is 5.21 Å². The van der Waals surface area contributed by atoms with Gasteiger partial charge in [-0.2, -0.15) is 10.5 Å². The molecule has 5 nitrogen and oxygen atoms in total. The zero-order chi connectivity index (χ0) is 13.7. The van der Waals surface area contributed by atoms with Gasteiger partial charge in [-0.25, -0.2) is 0 Å². The molecule has 0 saturated heterocycles. The quantitative estimate of drug-likeness (QED) is 0.464. The minimum Gasteiger partial charge on any atom is -0.594 e. The number of hydrogen-bond acceptors (Lipinski definition) is 4. The van der Waals surface area contributed by atoms with Gasteiger partial charge in [0.15, 0.2) is 0 Å². The monoisotopic (exact) mass is 248 g/mol. The van der Waals surface area contributed by atoms with E-state index in [0.29, 0.717) is 27.4 Å². The molecule has 0 amide bonds. The van der Waals surface area contributed by atoms with Crippen LogP contribution in [-0.4, -0.2) is 4.86 Å². The lowest BCUT2D eigenvalue weighted by Gasteiger charge is -1.99. The van der Waals surface area contributed by atoms with Crippen LogP contribution >= 0.6 is 0 Å². The normalized spacial score (nSPS) is 10.5. The molecule has 0 aromatic heterocycles. The molecule has 0 saturated carbocycles. The van der Waals surface area contributed by atoms with E-state index in [-0.39, 0.29) is 0 Å². The Morgan fingerprint density at radius 1 is 0.842 bits per heavy atom. The van der Waals surface area contributed by atoms with Crippen molar-refractivity contribution < 1.29 is 4.86 Å². The van der Waals surface area contributed by atoms with Crippen LogP contribution in [0.1, 0.15) is 11.1 Å². The first-order chi connectivity index (χ1) is 9.22. The summed E-state index contributed by atoms with van der Waals surface area (Å²) in [5.74, 6) is 0. The van der Waals surface area contributed by atoms with E-state index >= 15 is 0 Å². The van der Waals surface area contributed by atoms with E-state index in [2.05, 4.69) is 5.11 Å². The third kappa shape index (κ3) is 2.93. The summed E-state index contributed by atoms with van der Waals surface area (Å²) in [7, 11) is 0. The van der Waals surface area contributed by atoms with Gasteiger partial charge in [0.25, 0.3) is 0 Å². The van der Waals surface area contributed by atoms with Crippen molar-refractivity contribution in [2.45, 2.75) is 0 Å². The number of nitrogens with zero attached hydrogens (tertiary/aromatic N) is 4. The smallest absolute Gasteiger partial charge is 0.244 e. The van der Waals surface area contributed by atoms with Gasteiger partial charge in [0, 0.05) is 17.2 Å². The van der Waals surface area contributed by atoms with Crippen LogP contribution in [0, 0.1) is 27.9 Å². The molecule has 2 rings (SSSR count). The predicted molar refractivity (Wildman–Crippen MR) is 67.7 cm³/mol. The second-order valence-corrected chi connectivity index (χ2v) is 3.69. The summed E-state index contributed by atoms with van der Waals surface area (Å²) in [4.78, 5) is 0.475. The molecule has 0 fully saturated rings. The first-order valence-electron chi connectivity index (χ1n) is 5.42. The molecule has 0 aliphatic heterocycles. The zero-order valence-electron chi connectivity index (χ0n) is 9.82. The van der Waals surface area contributed by atoms with Crippen LogP contribution in [0.5, 0.6) is 0 Å². The Morgan fingerprint density at radius 2 is 1.32 bits per heavy atom. The van der Waals surface area contributed by atoms with E-state index in [0.717, 1.165) is 0 Å². The Morgan fingerprint density at radius 3 is 1.79 bits per heavy atom. The lowest BCUT2D eigenvalue weighted by atomic mass is 10.2. The molecule has 0 bridgehead atoms. The fourth-order valence-electron chi connectivity index (χ4n) is 1.43. The Labute approximate surface area is 109 Å². The molecule has 90 valence electrons. The summed E-state index contributed by atoms with van der Waals surface area (Å²) in [6.45, 7) is 0. The Hall–Kier alpha value is -3.18. The number of nitriles is 2. The summed E-state index contributed by atoms with van der Waals surface area (Å²) < 4.78 is 0. The Bertz CT molecular complexity index is 688. The fourth-order valence-corrected chi connectivity index (χ4v) is 1.43. The first kappa shape index (κ1) is 12.3. The van der Waals surface area contributed by atoms with Crippen LogP contribution in [0.4, 0.5) is 11.4 Å². The molecule has 0 spiro atoms. The van der Waals surface area contributed by atoms with Crippen molar-refractivity contribution in [3.8, 4) is 12.1 Å². The second-order valence-electron chi connectivity index (χ2n) is 3.69. The molecular formula is C14H8N4O. The summed E-state index contributed by atoms with van der Waals surface area (Å²) in [6, 6.07) is 16.5. The third-order valence-corrected chi connectivity index (χ3v) is 2.42. The molecule has 0 aliphatic rings. The Kier molecular flexibility index (Phi) is 3.51. The van der Waals surface area contributed by atoms with Crippen molar-refractivity contribution in [2.75, 3.05) is 0 Å². The molecule has 0 atom stereocenters. The van der Waals surface area contributed by atoms with Gasteiger partial charge in [-0.3, -0.25) is 0 Å². The van der Waals surface area contributed by atoms with Gasteiger partial charge in [0.05, 0.1) is 23.3 Å². The van der Waals surface area contributed by atoms with Crippen molar-refractivity contribution in [3.63, 3.8) is 0 Å². The van der Waals surface area contributed by atoms with Crippen LogP contribution < -0.4 is 0 Å². The van der Waals surface area contributed by atoms with Gasteiger partial charge in [-0.15, -0.1) is 0 Å². The van der Waals surface area contributed by atoms with Crippen LogP contribution in [0.15, 0.2) is 53.6 Å². The van der Waals surface area contributed by atoms with E-state index in [9.17, 15) is 5.21 Å². The van der Waals surface area contributed by atoms with Gasteiger partial charge in [-0.1, -0.05) is 4.86 Å². The van der Waals surface area contributed by atoms with Gasteiger partial charge in [0.2, 0.25) is 5.69 Å². The molecule has 0 heterocycles. The largest absolute Gasteiger partial charge is 0.594 e. The summed E-state index contributed by atoms with van der Waals surface area (Å²) >= 11 is 0. The maximum absolute atomic E-state index is 11.8. The number of azo groups is 1. The lowest BCUT2D eigenvalue weighted by Crippen LogP contribution is -1.90. The minimum atomic E-state index is 0.336. The molecule has 2 aromatic carbocycles. The Balaban J connectivity index is 2.26. The molecule has 0 unspecified atom stereocenters. The molecule has 2 aromatic rings. The molecule has 0 N–H and O–H groups in total. The average molecular weight is 248 g/mol. The molecule has 5 heteroatoms. The van der Waals surface area contributed by atoms with Crippen molar-refractivity contribution in [3.05, 3.63) is 64.9 Å². The van der Waals surface area contributed by atoms with Crippen molar-refractivity contribution in [1.29, 1.82) is 10.5 Å². The predicted octanol–water partition coefficient (Wildman–Crippen LogP) is 3.36. The van der Waals surface area contributed by atoms with E-state index in [4.69, 9.17) is 10.5 Å². The van der Waals surface area contributed by atoms with E-state index < -0.39 is 0 Å². The number of rotatable bonds is 2. The molecule has 0 radical (unpaired) electrons. The highest BCUT2D eigenvalue weighted by Gasteiger charge is 2.04. The summed E-state index contributed by atoms with van der Waals surface area (Å²) in [5.41, 5.74) is 1.78. The maximum Gasteiger partial charge on any atom is 0.244 e. The van der Waals surface area contributed by atoms with Crippen LogP contribution in [0.3, 0.4) is 0 Å². The highest BCUT2D eigenvalue weighted by atomic mass is 16.5. The van der Waals surface area contributed by atoms with E-state index in [1.165, 1.54) is 12.1 Å². The summed E-state index contributed by atoms with van der Waals surface area (Å²) in [5, 5.41) is 32.9. The maximum atomic E-state index is 11.8. The molecule has 0 aliphatic carbocycles. The highest BCUT2D eigenvalue weighted by molar-refractivity contribution is 5.42. The molecule has 19 heavy (non-hydrogen) atoms. The van der Waals surface area contributed by atoms with Crippen molar-refractivity contribution in [2.24, 2.45) is 5.11 Å². The van der Waals surface area contributed by atoms with Crippen LogP contribution in [-0.2, 0) is 0 Å². The number of hydrogen-bond donors (Lipinski definition) is 0. The lowest BCUT2D eigenvalue weighted by molar-refractivity contribution is -0.435. The minimum absolute atomic E-state index is 0.336. The molecular weight excluding hydrogens is 240 g/mol. The topological polar surface area (TPSA) is 86.0 Å². The van der Waals surface area contributed by atoms with Gasteiger partial charge >= 0.3 is 0 Å². The SMILES string of the molecule is N#Cc1ccc(N=[N+]([O-])c2ccc(C#N)cc2)cc1.